The van der Waals surface area contributed by atoms with E-state index in [0.29, 0.717) is 0 Å². The minimum Gasteiger partial charge on any atom is -0.493 e. The first kappa shape index (κ1) is 19.5. The topological polar surface area (TPSA) is 59.9 Å². The molecule has 1 heterocycles. The number of hydrogen-bond acceptors (Lipinski definition) is 4. The SMILES string of the molecule is CC(=O)NCCc1ccccc1.COc1cc2c(cc1OC)CCN=C2. The number of nitrogens with one attached hydrogen (secondary N) is 1. The number of rotatable bonds is 5. The smallest absolute Gasteiger partial charge is 0.216 e. The number of fused-ring (bicyclic) bond motifs is 1. The van der Waals surface area contributed by atoms with E-state index in [-0.39, 0.29) is 5.91 Å². The highest BCUT2D eigenvalue weighted by Gasteiger charge is 2.11. The predicted molar refractivity (Wildman–Crippen MR) is 105 cm³/mol. The van der Waals surface area contributed by atoms with Crippen LogP contribution in [0.4, 0.5) is 0 Å². The Kier molecular flexibility index (Phi) is 7.68. The second kappa shape index (κ2) is 10.2. The summed E-state index contributed by atoms with van der Waals surface area (Å²) in [7, 11) is 3.30. The molecule has 0 fully saturated rings. The van der Waals surface area contributed by atoms with Crippen molar-refractivity contribution in [3.8, 4) is 11.5 Å². The van der Waals surface area contributed by atoms with Crippen LogP contribution >= 0.6 is 0 Å². The third-order valence-electron chi connectivity index (χ3n) is 4.02. The lowest BCUT2D eigenvalue weighted by Crippen LogP contribution is -2.22. The highest BCUT2D eigenvalue weighted by molar-refractivity contribution is 5.84. The molecule has 138 valence electrons. The van der Waals surface area contributed by atoms with Crippen LogP contribution in [0.25, 0.3) is 0 Å². The fourth-order valence-electron chi connectivity index (χ4n) is 2.65. The molecule has 0 saturated heterocycles. The molecule has 26 heavy (non-hydrogen) atoms. The van der Waals surface area contributed by atoms with Crippen LogP contribution in [-0.4, -0.2) is 39.4 Å². The predicted octanol–water partition coefficient (Wildman–Crippen LogP) is 3.04. The molecule has 5 heteroatoms. The van der Waals surface area contributed by atoms with Crippen molar-refractivity contribution in [1.29, 1.82) is 0 Å². The van der Waals surface area contributed by atoms with Crippen molar-refractivity contribution >= 4 is 12.1 Å². The summed E-state index contributed by atoms with van der Waals surface area (Å²) in [4.78, 5) is 14.8. The molecule has 2 aromatic rings. The van der Waals surface area contributed by atoms with Gasteiger partial charge in [-0.2, -0.15) is 0 Å². The van der Waals surface area contributed by atoms with Gasteiger partial charge >= 0.3 is 0 Å². The van der Waals surface area contributed by atoms with Crippen molar-refractivity contribution in [1.82, 2.24) is 5.32 Å². The zero-order valence-electron chi connectivity index (χ0n) is 15.6. The molecule has 0 aromatic heterocycles. The lowest BCUT2D eigenvalue weighted by atomic mass is 10.0. The van der Waals surface area contributed by atoms with Crippen LogP contribution in [0.5, 0.6) is 11.5 Å². The fourth-order valence-corrected chi connectivity index (χ4v) is 2.65. The van der Waals surface area contributed by atoms with E-state index < -0.39 is 0 Å². The Balaban J connectivity index is 0.000000190. The number of carbonyl (C=O) groups excluding carboxylic acids is 1. The van der Waals surface area contributed by atoms with Crippen molar-refractivity contribution in [3.63, 3.8) is 0 Å². The summed E-state index contributed by atoms with van der Waals surface area (Å²) in [6.45, 7) is 3.12. The van der Waals surface area contributed by atoms with Crippen LogP contribution in [0.15, 0.2) is 47.5 Å². The van der Waals surface area contributed by atoms with E-state index in [1.807, 2.05) is 36.5 Å². The lowest BCUT2D eigenvalue weighted by Gasteiger charge is -2.14. The highest BCUT2D eigenvalue weighted by Crippen LogP contribution is 2.31. The molecule has 3 rings (SSSR count). The minimum atomic E-state index is 0.0333. The summed E-state index contributed by atoms with van der Waals surface area (Å²) >= 11 is 0. The molecule has 0 aliphatic carbocycles. The molecule has 1 aliphatic rings. The van der Waals surface area contributed by atoms with E-state index in [9.17, 15) is 4.79 Å². The average Bonchev–Trinajstić information content (AvgIpc) is 2.68. The van der Waals surface area contributed by atoms with E-state index in [1.54, 1.807) is 14.2 Å². The van der Waals surface area contributed by atoms with E-state index >= 15 is 0 Å². The quantitative estimate of drug-likeness (QED) is 0.898. The van der Waals surface area contributed by atoms with Gasteiger partial charge in [-0.25, -0.2) is 0 Å². The number of ether oxygens (including phenoxy) is 2. The molecule has 2 aromatic carbocycles. The number of hydrogen-bond donors (Lipinski definition) is 1. The summed E-state index contributed by atoms with van der Waals surface area (Å²) in [5.74, 6) is 1.59. The summed E-state index contributed by atoms with van der Waals surface area (Å²) in [5.41, 5.74) is 3.66. The van der Waals surface area contributed by atoms with Crippen molar-refractivity contribution in [2.45, 2.75) is 19.8 Å². The van der Waals surface area contributed by atoms with Crippen LogP contribution in [0.3, 0.4) is 0 Å². The zero-order chi connectivity index (χ0) is 18.8. The Morgan fingerprint density at radius 2 is 1.81 bits per heavy atom. The number of nitrogens with zero attached hydrogens (tertiary/aromatic N) is 1. The molecule has 0 spiro atoms. The Morgan fingerprint density at radius 3 is 2.46 bits per heavy atom. The van der Waals surface area contributed by atoms with Crippen molar-refractivity contribution in [2.24, 2.45) is 4.99 Å². The molecule has 1 N–H and O–H groups in total. The number of aliphatic imine (C=N–C) groups is 1. The maximum atomic E-state index is 10.5. The summed E-state index contributed by atoms with van der Waals surface area (Å²) < 4.78 is 10.4. The van der Waals surface area contributed by atoms with E-state index in [2.05, 4.69) is 22.4 Å². The zero-order valence-corrected chi connectivity index (χ0v) is 15.6. The van der Waals surface area contributed by atoms with Crippen molar-refractivity contribution in [2.75, 3.05) is 27.3 Å². The average molecular weight is 354 g/mol. The molecular formula is C21H26N2O3. The van der Waals surface area contributed by atoms with Gasteiger partial charge in [0.1, 0.15) is 0 Å². The highest BCUT2D eigenvalue weighted by atomic mass is 16.5. The molecular weight excluding hydrogens is 328 g/mol. The standard InChI is InChI=1S/C11H13NO2.C10H13NO/c1-13-10-5-8-3-4-12-7-9(8)6-11(10)14-2;1-9(12)11-8-7-10-5-3-2-4-6-10/h5-7H,3-4H2,1-2H3;2-6H,7-8H2,1H3,(H,11,12). The molecule has 5 nitrogen and oxygen atoms in total. The lowest BCUT2D eigenvalue weighted by molar-refractivity contribution is -0.118. The molecule has 0 unspecified atom stereocenters. The van der Waals surface area contributed by atoms with Gasteiger partial charge in [0.25, 0.3) is 0 Å². The molecule has 1 aliphatic heterocycles. The van der Waals surface area contributed by atoms with Gasteiger partial charge in [-0.3, -0.25) is 9.79 Å². The van der Waals surface area contributed by atoms with Gasteiger partial charge in [-0.05, 0) is 41.7 Å². The maximum absolute atomic E-state index is 10.5. The van der Waals surface area contributed by atoms with Gasteiger partial charge in [0.15, 0.2) is 11.5 Å². The number of benzene rings is 2. The Bertz CT molecular complexity index is 742. The second-order valence-corrected chi connectivity index (χ2v) is 5.91. The number of carbonyl (C=O) groups is 1. The van der Waals surface area contributed by atoms with Crippen LogP contribution in [0, 0.1) is 0 Å². The van der Waals surface area contributed by atoms with Crippen LogP contribution in [0.1, 0.15) is 23.6 Å². The van der Waals surface area contributed by atoms with E-state index in [1.165, 1.54) is 18.1 Å². The van der Waals surface area contributed by atoms with Crippen LogP contribution in [0.2, 0.25) is 0 Å². The van der Waals surface area contributed by atoms with Crippen LogP contribution in [-0.2, 0) is 17.6 Å². The van der Waals surface area contributed by atoms with Crippen LogP contribution < -0.4 is 14.8 Å². The van der Waals surface area contributed by atoms with Crippen molar-refractivity contribution in [3.05, 3.63) is 59.2 Å². The van der Waals surface area contributed by atoms with Gasteiger partial charge in [0, 0.05) is 26.2 Å². The molecule has 0 radical (unpaired) electrons. The maximum Gasteiger partial charge on any atom is 0.216 e. The van der Waals surface area contributed by atoms with Gasteiger partial charge < -0.3 is 14.8 Å². The third kappa shape index (κ3) is 5.92. The second-order valence-electron chi connectivity index (χ2n) is 5.91. The van der Waals surface area contributed by atoms with Crippen molar-refractivity contribution < 1.29 is 14.3 Å². The first-order valence-electron chi connectivity index (χ1n) is 8.67. The molecule has 1 amide bonds. The van der Waals surface area contributed by atoms with E-state index in [4.69, 9.17) is 9.47 Å². The molecule has 0 saturated carbocycles. The molecule has 0 bridgehead atoms. The summed E-state index contributed by atoms with van der Waals surface area (Å²) in [6.07, 6.45) is 3.77. The van der Waals surface area contributed by atoms with Gasteiger partial charge in [0.05, 0.1) is 14.2 Å². The van der Waals surface area contributed by atoms with Gasteiger partial charge in [-0.1, -0.05) is 30.3 Å². The number of amides is 1. The normalized spacial score (nSPS) is 11.7. The largest absolute Gasteiger partial charge is 0.493 e. The fraction of sp³-hybridized carbons (Fsp3) is 0.333. The summed E-state index contributed by atoms with van der Waals surface area (Å²) in [5, 5.41) is 2.76. The first-order chi connectivity index (χ1) is 12.6. The first-order valence-corrected chi connectivity index (χ1v) is 8.67. The third-order valence-corrected chi connectivity index (χ3v) is 4.02. The Morgan fingerprint density at radius 1 is 1.12 bits per heavy atom. The minimum absolute atomic E-state index is 0.0333. The Labute approximate surface area is 155 Å². The monoisotopic (exact) mass is 354 g/mol. The molecule has 0 atom stereocenters. The Hall–Kier alpha value is -2.82. The van der Waals surface area contributed by atoms with Gasteiger partial charge in [0.2, 0.25) is 5.91 Å². The van der Waals surface area contributed by atoms with Gasteiger partial charge in [-0.15, -0.1) is 0 Å². The van der Waals surface area contributed by atoms with E-state index in [0.717, 1.165) is 43.0 Å². The number of methoxy groups -OCH3 is 2. The summed E-state index contributed by atoms with van der Waals surface area (Å²) in [6, 6.07) is 14.1.